The van der Waals surface area contributed by atoms with E-state index in [9.17, 15) is 9.59 Å². The number of nitrogens with zero attached hydrogens (tertiary/aromatic N) is 4. The zero-order chi connectivity index (χ0) is 22.5. The molecule has 0 fully saturated rings. The number of carbonyl (C=O) groups is 2. The number of rotatable bonds is 8. The van der Waals surface area contributed by atoms with Crippen molar-refractivity contribution in [1.82, 2.24) is 19.7 Å². The van der Waals surface area contributed by atoms with Crippen molar-refractivity contribution in [2.75, 3.05) is 16.4 Å². The first-order valence-corrected chi connectivity index (χ1v) is 12.0. The highest BCUT2D eigenvalue weighted by atomic mass is 35.5. The summed E-state index contributed by atoms with van der Waals surface area (Å²) >= 11 is 8.78. The molecule has 164 valence electrons. The number of halogens is 1. The molecule has 0 aliphatic heterocycles. The first-order chi connectivity index (χ1) is 15.5. The molecule has 4 rings (SSSR count). The van der Waals surface area contributed by atoms with E-state index in [0.29, 0.717) is 33.4 Å². The fraction of sp³-hybridized carbons (Fsp3) is 0.190. The molecule has 2 amide bonds. The Bertz CT molecular complexity index is 1240. The fourth-order valence-corrected chi connectivity index (χ4v) is 4.87. The molecule has 0 saturated carbocycles. The van der Waals surface area contributed by atoms with Crippen LogP contribution in [-0.2, 0) is 22.6 Å². The molecule has 2 heterocycles. The Labute approximate surface area is 197 Å². The third-order valence-electron chi connectivity index (χ3n) is 4.45. The van der Waals surface area contributed by atoms with Crippen LogP contribution >= 0.6 is 34.7 Å². The van der Waals surface area contributed by atoms with Crippen LogP contribution in [0, 0.1) is 0 Å². The minimum atomic E-state index is -0.245. The largest absolute Gasteiger partial charge is 0.324 e. The third kappa shape index (κ3) is 5.26. The van der Waals surface area contributed by atoms with Crippen LogP contribution in [0.15, 0.2) is 53.7 Å². The summed E-state index contributed by atoms with van der Waals surface area (Å²) in [5.74, 6) is 0.244. The number of aromatic nitrogens is 4. The number of fused-ring (bicyclic) bond motifs is 1. The molecular weight excluding hydrogens is 468 g/mol. The molecule has 2 N–H and O–H groups in total. The van der Waals surface area contributed by atoms with Gasteiger partial charge in [0.2, 0.25) is 11.8 Å². The number of carbonyl (C=O) groups excluding carboxylic acids is 2. The van der Waals surface area contributed by atoms with Crippen LogP contribution < -0.4 is 10.6 Å². The minimum absolute atomic E-state index is 0.0462. The molecule has 0 aliphatic rings. The number of thioether (sulfide) groups is 1. The summed E-state index contributed by atoms with van der Waals surface area (Å²) in [4.78, 5) is 29.2. The van der Waals surface area contributed by atoms with Crippen molar-refractivity contribution >= 4 is 67.5 Å². The standard InChI is InChI=1S/C21H19ClN6O2S2/c1-2-28-17(11-18(29)23-14-8-4-3-7-13(14)22)26-27-21(28)31-12-19(30)25-20-24-15-9-5-6-10-16(15)32-20/h3-10H,2,11-12H2,1H3,(H,23,29)(H,24,25,30). The van der Waals surface area contributed by atoms with Gasteiger partial charge >= 0.3 is 0 Å². The Morgan fingerprint density at radius 3 is 2.62 bits per heavy atom. The van der Waals surface area contributed by atoms with Gasteiger partial charge in [-0.3, -0.25) is 9.59 Å². The highest BCUT2D eigenvalue weighted by Gasteiger charge is 2.17. The van der Waals surface area contributed by atoms with E-state index in [1.165, 1.54) is 23.1 Å². The maximum Gasteiger partial charge on any atom is 0.236 e. The van der Waals surface area contributed by atoms with Crippen LogP contribution in [0.3, 0.4) is 0 Å². The van der Waals surface area contributed by atoms with Crippen LogP contribution in [0.4, 0.5) is 10.8 Å². The molecule has 0 spiro atoms. The smallest absolute Gasteiger partial charge is 0.236 e. The van der Waals surface area contributed by atoms with E-state index in [1.807, 2.05) is 35.8 Å². The molecule has 4 aromatic rings. The highest BCUT2D eigenvalue weighted by molar-refractivity contribution is 7.99. The maximum atomic E-state index is 12.4. The molecule has 0 radical (unpaired) electrons. The molecular formula is C21H19ClN6O2S2. The minimum Gasteiger partial charge on any atom is -0.324 e. The van der Waals surface area contributed by atoms with Gasteiger partial charge in [-0.05, 0) is 31.2 Å². The fourth-order valence-electron chi connectivity index (χ4n) is 2.99. The summed E-state index contributed by atoms with van der Waals surface area (Å²) in [6.45, 7) is 2.51. The van der Waals surface area contributed by atoms with Crippen LogP contribution in [-0.4, -0.2) is 37.3 Å². The average molecular weight is 487 g/mol. The van der Waals surface area contributed by atoms with Gasteiger partial charge in [0, 0.05) is 6.54 Å². The lowest BCUT2D eigenvalue weighted by atomic mass is 10.3. The molecule has 0 saturated heterocycles. The SMILES string of the molecule is CCn1c(CC(=O)Nc2ccccc2Cl)nnc1SCC(=O)Nc1nc2ccccc2s1. The second kappa shape index (κ2) is 10.1. The molecule has 2 aromatic heterocycles. The number of para-hydroxylation sites is 2. The number of amides is 2. The molecule has 32 heavy (non-hydrogen) atoms. The Morgan fingerprint density at radius 1 is 1.06 bits per heavy atom. The van der Waals surface area contributed by atoms with Gasteiger partial charge in [0.05, 0.1) is 33.1 Å². The van der Waals surface area contributed by atoms with Gasteiger partial charge in [-0.25, -0.2) is 4.98 Å². The number of hydrogen-bond donors (Lipinski definition) is 2. The summed E-state index contributed by atoms with van der Waals surface area (Å²) in [5.41, 5.74) is 1.40. The highest BCUT2D eigenvalue weighted by Crippen LogP contribution is 2.26. The van der Waals surface area contributed by atoms with Crippen molar-refractivity contribution in [2.24, 2.45) is 0 Å². The van der Waals surface area contributed by atoms with E-state index in [-0.39, 0.29) is 24.0 Å². The van der Waals surface area contributed by atoms with E-state index < -0.39 is 0 Å². The van der Waals surface area contributed by atoms with Crippen LogP contribution in [0.1, 0.15) is 12.7 Å². The lowest BCUT2D eigenvalue weighted by Crippen LogP contribution is -2.18. The van der Waals surface area contributed by atoms with E-state index in [0.717, 1.165) is 10.2 Å². The summed E-state index contributed by atoms with van der Waals surface area (Å²) in [7, 11) is 0. The molecule has 0 bridgehead atoms. The molecule has 11 heteroatoms. The third-order valence-corrected chi connectivity index (χ3v) is 6.70. The maximum absolute atomic E-state index is 12.4. The molecule has 0 aliphatic carbocycles. The molecule has 0 unspecified atom stereocenters. The van der Waals surface area contributed by atoms with Gasteiger partial charge in [-0.2, -0.15) is 0 Å². The number of benzene rings is 2. The monoisotopic (exact) mass is 486 g/mol. The molecule has 0 atom stereocenters. The quantitative estimate of drug-likeness (QED) is 0.356. The second-order valence-corrected chi connectivity index (χ2v) is 9.05. The zero-order valence-electron chi connectivity index (χ0n) is 17.0. The molecule has 2 aromatic carbocycles. The van der Waals surface area contributed by atoms with Gasteiger partial charge in [0.25, 0.3) is 0 Å². The molecule has 8 nitrogen and oxygen atoms in total. The topological polar surface area (TPSA) is 102 Å². The first kappa shape index (κ1) is 22.3. The van der Waals surface area contributed by atoms with Crippen molar-refractivity contribution < 1.29 is 9.59 Å². The van der Waals surface area contributed by atoms with Gasteiger partial charge in [-0.1, -0.05) is 59.0 Å². The lowest BCUT2D eigenvalue weighted by Gasteiger charge is -2.09. The van der Waals surface area contributed by atoms with Gasteiger partial charge in [0.15, 0.2) is 10.3 Å². The van der Waals surface area contributed by atoms with Crippen molar-refractivity contribution in [2.45, 2.75) is 25.0 Å². The van der Waals surface area contributed by atoms with Gasteiger partial charge < -0.3 is 15.2 Å². The number of anilines is 2. The zero-order valence-corrected chi connectivity index (χ0v) is 19.4. The predicted octanol–water partition coefficient (Wildman–Crippen LogP) is 4.47. The van der Waals surface area contributed by atoms with E-state index in [1.54, 1.807) is 24.3 Å². The summed E-state index contributed by atoms with van der Waals surface area (Å²) < 4.78 is 2.84. The van der Waals surface area contributed by atoms with Gasteiger partial charge in [-0.15, -0.1) is 10.2 Å². The second-order valence-electron chi connectivity index (χ2n) is 6.67. The Hall–Kier alpha value is -2.95. The van der Waals surface area contributed by atoms with Crippen molar-refractivity contribution in [3.63, 3.8) is 0 Å². The Morgan fingerprint density at radius 2 is 1.84 bits per heavy atom. The van der Waals surface area contributed by atoms with Crippen LogP contribution in [0.5, 0.6) is 0 Å². The normalized spacial score (nSPS) is 10.9. The number of thiazole rings is 1. The van der Waals surface area contributed by atoms with Crippen LogP contribution in [0.25, 0.3) is 10.2 Å². The van der Waals surface area contributed by atoms with E-state index in [4.69, 9.17) is 11.6 Å². The lowest BCUT2D eigenvalue weighted by molar-refractivity contribution is -0.116. The van der Waals surface area contributed by atoms with Crippen molar-refractivity contribution in [3.8, 4) is 0 Å². The van der Waals surface area contributed by atoms with E-state index >= 15 is 0 Å². The summed E-state index contributed by atoms with van der Waals surface area (Å²) in [6.07, 6.45) is 0.0462. The Kier molecular flexibility index (Phi) is 7.03. The van der Waals surface area contributed by atoms with Crippen LogP contribution in [0.2, 0.25) is 5.02 Å². The summed E-state index contributed by atoms with van der Waals surface area (Å²) in [6, 6.07) is 14.7. The number of hydrogen-bond acceptors (Lipinski definition) is 7. The van der Waals surface area contributed by atoms with E-state index in [2.05, 4.69) is 25.8 Å². The van der Waals surface area contributed by atoms with Crippen molar-refractivity contribution in [1.29, 1.82) is 0 Å². The summed E-state index contributed by atoms with van der Waals surface area (Å²) in [5, 5.41) is 15.5. The van der Waals surface area contributed by atoms with Crippen molar-refractivity contribution in [3.05, 3.63) is 59.4 Å². The average Bonchev–Trinajstić information content (AvgIpc) is 3.36. The number of nitrogens with one attached hydrogen (secondary N) is 2. The Balaban J connectivity index is 1.35. The van der Waals surface area contributed by atoms with Gasteiger partial charge in [0.1, 0.15) is 5.82 Å². The predicted molar refractivity (Wildman–Crippen MR) is 128 cm³/mol. The first-order valence-electron chi connectivity index (χ1n) is 9.78.